The van der Waals surface area contributed by atoms with Crippen LogP contribution in [0.25, 0.3) is 0 Å². The van der Waals surface area contributed by atoms with Crippen molar-refractivity contribution in [2.75, 3.05) is 25.1 Å². The molecule has 3 amide bonds. The van der Waals surface area contributed by atoms with E-state index in [1.54, 1.807) is 20.8 Å². The summed E-state index contributed by atoms with van der Waals surface area (Å²) >= 11 is 0. The van der Waals surface area contributed by atoms with E-state index >= 15 is 0 Å². The molecule has 2 rings (SSSR count). The van der Waals surface area contributed by atoms with Crippen molar-refractivity contribution in [2.24, 2.45) is 5.92 Å². The van der Waals surface area contributed by atoms with E-state index in [0.29, 0.717) is 18.9 Å². The Morgan fingerprint density at radius 3 is 2.33 bits per heavy atom. The van der Waals surface area contributed by atoms with Crippen molar-refractivity contribution in [2.45, 2.75) is 58.6 Å². The molecular formula is C22H33N3O5. The maximum absolute atomic E-state index is 12.2. The van der Waals surface area contributed by atoms with Gasteiger partial charge in [0.2, 0.25) is 11.8 Å². The third-order valence-electron chi connectivity index (χ3n) is 4.56. The van der Waals surface area contributed by atoms with Gasteiger partial charge in [-0.1, -0.05) is 12.1 Å². The average Bonchev–Trinajstić information content (AvgIpc) is 2.67. The van der Waals surface area contributed by atoms with Gasteiger partial charge >= 0.3 is 6.09 Å². The van der Waals surface area contributed by atoms with Gasteiger partial charge in [-0.15, -0.1) is 0 Å². The zero-order valence-electron chi connectivity index (χ0n) is 18.1. The minimum Gasteiger partial charge on any atom is -0.444 e. The Kier molecular flexibility index (Phi) is 9.11. The van der Waals surface area contributed by atoms with Gasteiger partial charge in [-0.3, -0.25) is 9.59 Å². The quantitative estimate of drug-likeness (QED) is 0.601. The molecule has 0 saturated carbocycles. The Labute approximate surface area is 178 Å². The second kappa shape index (κ2) is 11.5. The molecule has 1 aromatic carbocycles. The van der Waals surface area contributed by atoms with Crippen molar-refractivity contribution in [3.63, 3.8) is 0 Å². The first-order valence-corrected chi connectivity index (χ1v) is 10.4. The van der Waals surface area contributed by atoms with Gasteiger partial charge in [-0.25, -0.2) is 4.79 Å². The molecule has 3 N–H and O–H groups in total. The molecule has 1 aliphatic heterocycles. The van der Waals surface area contributed by atoms with Gasteiger partial charge in [-0.05, 0) is 57.2 Å². The van der Waals surface area contributed by atoms with Gasteiger partial charge in [-0.2, -0.15) is 0 Å². The molecule has 0 bridgehead atoms. The van der Waals surface area contributed by atoms with E-state index in [0.717, 1.165) is 37.3 Å². The predicted octanol–water partition coefficient (Wildman–Crippen LogP) is 2.97. The molecule has 8 nitrogen and oxygen atoms in total. The van der Waals surface area contributed by atoms with Crippen LogP contribution in [0.15, 0.2) is 24.3 Å². The predicted molar refractivity (Wildman–Crippen MR) is 114 cm³/mol. The monoisotopic (exact) mass is 419 g/mol. The lowest BCUT2D eigenvalue weighted by molar-refractivity contribution is -0.121. The zero-order chi connectivity index (χ0) is 22.0. The Bertz CT molecular complexity index is 706. The number of carbonyl (C=O) groups is 3. The van der Waals surface area contributed by atoms with Crippen molar-refractivity contribution in [3.8, 4) is 0 Å². The summed E-state index contributed by atoms with van der Waals surface area (Å²) in [6.07, 6.45) is 2.00. The highest BCUT2D eigenvalue weighted by Gasteiger charge is 2.18. The van der Waals surface area contributed by atoms with Gasteiger partial charge in [0.25, 0.3) is 0 Å². The zero-order valence-corrected chi connectivity index (χ0v) is 18.1. The topological polar surface area (TPSA) is 106 Å². The molecule has 0 aromatic heterocycles. The third-order valence-corrected chi connectivity index (χ3v) is 4.56. The second-order valence-electron chi connectivity index (χ2n) is 8.46. The average molecular weight is 420 g/mol. The fraction of sp³-hybridized carbons (Fsp3) is 0.591. The van der Waals surface area contributed by atoms with Crippen LogP contribution in [-0.2, 0) is 25.6 Å². The van der Waals surface area contributed by atoms with Crippen LogP contribution >= 0.6 is 0 Å². The lowest BCUT2D eigenvalue weighted by Crippen LogP contribution is -2.35. The number of hydrogen-bond donors (Lipinski definition) is 3. The number of hydrogen-bond acceptors (Lipinski definition) is 5. The Morgan fingerprint density at radius 1 is 1.03 bits per heavy atom. The first-order valence-electron chi connectivity index (χ1n) is 10.4. The molecule has 1 fully saturated rings. The molecule has 166 valence electrons. The number of ether oxygens (including phenoxy) is 2. The van der Waals surface area contributed by atoms with E-state index in [1.807, 2.05) is 24.3 Å². The molecule has 0 unspecified atom stereocenters. The van der Waals surface area contributed by atoms with Crippen LogP contribution in [-0.4, -0.2) is 43.3 Å². The SMILES string of the molecule is CC(C)(C)OC(=O)NCCC(=O)NCc1ccc(NC(=O)CC2CCOCC2)cc1. The minimum atomic E-state index is -0.567. The fourth-order valence-corrected chi connectivity index (χ4v) is 3.01. The molecule has 1 saturated heterocycles. The number of nitrogens with one attached hydrogen (secondary N) is 3. The van der Waals surface area contributed by atoms with Crippen LogP contribution < -0.4 is 16.0 Å². The summed E-state index contributed by atoms with van der Waals surface area (Å²) in [5, 5.41) is 8.28. The van der Waals surface area contributed by atoms with Crippen LogP contribution in [0.2, 0.25) is 0 Å². The van der Waals surface area contributed by atoms with E-state index in [2.05, 4.69) is 16.0 Å². The molecule has 0 aliphatic carbocycles. The van der Waals surface area contributed by atoms with Crippen LogP contribution in [0.1, 0.15) is 52.0 Å². The summed E-state index contributed by atoms with van der Waals surface area (Å²) in [5.74, 6) is 0.235. The molecule has 1 aliphatic rings. The van der Waals surface area contributed by atoms with Crippen LogP contribution in [0.4, 0.5) is 10.5 Å². The molecular weight excluding hydrogens is 386 g/mol. The standard InChI is InChI=1S/C22H33N3O5/c1-22(2,3)30-21(28)23-11-8-19(26)24-15-17-4-6-18(7-5-17)25-20(27)14-16-9-12-29-13-10-16/h4-7,16H,8-15H2,1-3H3,(H,23,28)(H,24,26)(H,25,27). The fourth-order valence-electron chi connectivity index (χ4n) is 3.01. The number of carbonyl (C=O) groups excluding carboxylic acids is 3. The molecule has 1 heterocycles. The Morgan fingerprint density at radius 2 is 1.70 bits per heavy atom. The molecule has 8 heteroatoms. The van der Waals surface area contributed by atoms with E-state index in [4.69, 9.17) is 9.47 Å². The van der Waals surface area contributed by atoms with Crippen molar-refractivity contribution in [3.05, 3.63) is 29.8 Å². The second-order valence-corrected chi connectivity index (χ2v) is 8.46. The van der Waals surface area contributed by atoms with Crippen LogP contribution in [0, 0.1) is 5.92 Å². The van der Waals surface area contributed by atoms with E-state index in [-0.39, 0.29) is 24.8 Å². The summed E-state index contributed by atoms with van der Waals surface area (Å²) < 4.78 is 10.4. The number of alkyl carbamates (subject to hydrolysis) is 1. The van der Waals surface area contributed by atoms with Crippen molar-refractivity contribution >= 4 is 23.6 Å². The highest BCUT2D eigenvalue weighted by molar-refractivity contribution is 5.90. The first kappa shape index (κ1) is 23.7. The smallest absolute Gasteiger partial charge is 0.407 e. The van der Waals surface area contributed by atoms with E-state index in [9.17, 15) is 14.4 Å². The minimum absolute atomic E-state index is 0.0143. The van der Waals surface area contributed by atoms with Gasteiger partial charge in [0.05, 0.1) is 0 Å². The van der Waals surface area contributed by atoms with Crippen molar-refractivity contribution in [1.29, 1.82) is 0 Å². The van der Waals surface area contributed by atoms with E-state index < -0.39 is 11.7 Å². The maximum Gasteiger partial charge on any atom is 0.407 e. The molecule has 0 spiro atoms. The normalized spacial score (nSPS) is 14.6. The Hall–Kier alpha value is -2.61. The van der Waals surface area contributed by atoms with Gasteiger partial charge in [0.1, 0.15) is 5.60 Å². The number of rotatable bonds is 8. The highest BCUT2D eigenvalue weighted by Crippen LogP contribution is 2.19. The molecule has 0 atom stereocenters. The van der Waals surface area contributed by atoms with Crippen LogP contribution in [0.5, 0.6) is 0 Å². The number of benzene rings is 1. The highest BCUT2D eigenvalue weighted by atomic mass is 16.6. The van der Waals surface area contributed by atoms with Crippen molar-refractivity contribution in [1.82, 2.24) is 10.6 Å². The Balaban J connectivity index is 1.64. The lowest BCUT2D eigenvalue weighted by atomic mass is 9.96. The molecule has 0 radical (unpaired) electrons. The molecule has 1 aromatic rings. The van der Waals surface area contributed by atoms with Gasteiger partial charge < -0.3 is 25.4 Å². The lowest BCUT2D eigenvalue weighted by Gasteiger charge is -2.21. The maximum atomic E-state index is 12.2. The van der Waals surface area contributed by atoms with Crippen molar-refractivity contribution < 1.29 is 23.9 Å². The summed E-state index contributed by atoms with van der Waals surface area (Å²) in [4.78, 5) is 35.6. The van der Waals surface area contributed by atoms with E-state index in [1.165, 1.54) is 0 Å². The number of amides is 3. The summed E-state index contributed by atoms with van der Waals surface area (Å²) in [6, 6.07) is 7.38. The summed E-state index contributed by atoms with van der Waals surface area (Å²) in [5.41, 5.74) is 1.09. The summed E-state index contributed by atoms with van der Waals surface area (Å²) in [6.45, 7) is 7.39. The summed E-state index contributed by atoms with van der Waals surface area (Å²) in [7, 11) is 0. The van der Waals surface area contributed by atoms with Crippen LogP contribution in [0.3, 0.4) is 0 Å². The van der Waals surface area contributed by atoms with Gasteiger partial charge in [0.15, 0.2) is 0 Å². The van der Waals surface area contributed by atoms with Gasteiger partial charge in [0, 0.05) is 44.8 Å². The number of anilines is 1. The molecule has 30 heavy (non-hydrogen) atoms. The third kappa shape index (κ3) is 9.73. The first-order chi connectivity index (χ1) is 14.2. The largest absolute Gasteiger partial charge is 0.444 e.